The maximum Gasteiger partial charge on any atom is 0.273 e. The highest BCUT2D eigenvalue weighted by molar-refractivity contribution is 6.35. The monoisotopic (exact) mass is 416 g/mol. The summed E-state index contributed by atoms with van der Waals surface area (Å²) in [5, 5.41) is 12.3. The molecule has 4 aromatic rings. The number of halogens is 3. The van der Waals surface area contributed by atoms with E-state index >= 15 is 0 Å². The molecule has 0 aliphatic rings. The van der Waals surface area contributed by atoms with Crippen molar-refractivity contribution in [2.24, 2.45) is 0 Å². The zero-order valence-electron chi connectivity index (χ0n) is 15.0. The van der Waals surface area contributed by atoms with Gasteiger partial charge in [0.15, 0.2) is 23.1 Å². The van der Waals surface area contributed by atoms with Crippen molar-refractivity contribution in [3.63, 3.8) is 0 Å². The van der Waals surface area contributed by atoms with Crippen molar-refractivity contribution in [3.05, 3.63) is 71.0 Å². The molecule has 2 heterocycles. The number of carbonyl (C=O) groups excluding carboxylic acids is 1. The lowest BCUT2D eigenvalue weighted by Gasteiger charge is -2.05. The van der Waals surface area contributed by atoms with Gasteiger partial charge in [0.1, 0.15) is 0 Å². The molecule has 1 amide bonds. The SMILES string of the molecule is O=C(NCCCn1ncc2c(Cl)cccc21)c1cc(-c2ccc(F)c(F)c2)on1. The third kappa shape index (κ3) is 3.97. The first-order chi connectivity index (χ1) is 14.0. The Hall–Kier alpha value is -3.26. The minimum atomic E-state index is -1.00. The number of amides is 1. The van der Waals surface area contributed by atoms with Gasteiger partial charge in [-0.2, -0.15) is 5.10 Å². The third-order valence-corrected chi connectivity index (χ3v) is 4.74. The van der Waals surface area contributed by atoms with E-state index in [2.05, 4.69) is 15.6 Å². The van der Waals surface area contributed by atoms with E-state index in [1.54, 1.807) is 6.20 Å². The Morgan fingerprint density at radius 2 is 2.03 bits per heavy atom. The molecule has 0 aliphatic heterocycles. The first-order valence-electron chi connectivity index (χ1n) is 8.83. The van der Waals surface area contributed by atoms with Gasteiger partial charge in [0.25, 0.3) is 5.91 Å². The second-order valence-corrected chi connectivity index (χ2v) is 6.76. The molecule has 0 atom stereocenters. The third-order valence-electron chi connectivity index (χ3n) is 4.41. The van der Waals surface area contributed by atoms with Crippen LogP contribution in [-0.4, -0.2) is 27.4 Å². The van der Waals surface area contributed by atoms with Crippen LogP contribution in [0.25, 0.3) is 22.2 Å². The summed E-state index contributed by atoms with van der Waals surface area (Å²) in [6.07, 6.45) is 2.36. The summed E-state index contributed by atoms with van der Waals surface area (Å²) in [4.78, 5) is 12.2. The molecule has 1 N–H and O–H groups in total. The first-order valence-corrected chi connectivity index (χ1v) is 9.21. The normalized spacial score (nSPS) is 11.1. The van der Waals surface area contributed by atoms with Gasteiger partial charge in [-0.15, -0.1) is 0 Å². The van der Waals surface area contributed by atoms with Gasteiger partial charge >= 0.3 is 0 Å². The maximum absolute atomic E-state index is 13.3. The minimum absolute atomic E-state index is 0.0565. The summed E-state index contributed by atoms with van der Waals surface area (Å²) in [5.41, 5.74) is 1.28. The highest BCUT2D eigenvalue weighted by atomic mass is 35.5. The fourth-order valence-corrected chi connectivity index (χ4v) is 3.15. The average Bonchev–Trinajstić information content (AvgIpc) is 3.36. The molecule has 148 valence electrons. The van der Waals surface area contributed by atoms with E-state index < -0.39 is 17.5 Å². The van der Waals surface area contributed by atoms with E-state index in [0.29, 0.717) is 30.1 Å². The predicted molar refractivity (Wildman–Crippen MR) is 104 cm³/mol. The quantitative estimate of drug-likeness (QED) is 0.471. The van der Waals surface area contributed by atoms with Gasteiger partial charge in [-0.25, -0.2) is 8.78 Å². The first kappa shape index (κ1) is 19.1. The summed E-state index contributed by atoms with van der Waals surface area (Å²) in [7, 11) is 0. The Morgan fingerprint density at radius 3 is 2.86 bits per heavy atom. The van der Waals surface area contributed by atoms with Crippen LogP contribution < -0.4 is 5.32 Å². The van der Waals surface area contributed by atoms with Crippen molar-refractivity contribution in [2.45, 2.75) is 13.0 Å². The summed E-state index contributed by atoms with van der Waals surface area (Å²) < 4.78 is 33.3. The second-order valence-electron chi connectivity index (χ2n) is 6.36. The zero-order chi connectivity index (χ0) is 20.4. The number of hydrogen-bond acceptors (Lipinski definition) is 4. The Bertz CT molecular complexity index is 1190. The maximum atomic E-state index is 13.3. The van der Waals surface area contributed by atoms with Crippen LogP contribution in [-0.2, 0) is 6.54 Å². The fraction of sp³-hybridized carbons (Fsp3) is 0.150. The lowest BCUT2D eigenvalue weighted by molar-refractivity contribution is 0.0943. The molecule has 29 heavy (non-hydrogen) atoms. The molecule has 2 aromatic carbocycles. The summed E-state index contributed by atoms with van der Waals surface area (Å²) in [6, 6.07) is 10.3. The molecule has 4 rings (SSSR count). The van der Waals surface area contributed by atoms with Crippen LogP contribution in [0, 0.1) is 11.6 Å². The topological polar surface area (TPSA) is 73.0 Å². The number of carbonyl (C=O) groups is 1. The largest absolute Gasteiger partial charge is 0.355 e. The lowest BCUT2D eigenvalue weighted by Crippen LogP contribution is -2.25. The van der Waals surface area contributed by atoms with Crippen LogP contribution in [0.2, 0.25) is 5.02 Å². The van der Waals surface area contributed by atoms with Crippen molar-refractivity contribution in [3.8, 4) is 11.3 Å². The van der Waals surface area contributed by atoms with Gasteiger partial charge < -0.3 is 9.84 Å². The highest BCUT2D eigenvalue weighted by Crippen LogP contribution is 2.23. The van der Waals surface area contributed by atoms with Gasteiger partial charge in [0.05, 0.1) is 16.7 Å². The van der Waals surface area contributed by atoms with E-state index in [1.165, 1.54) is 12.1 Å². The number of aromatic nitrogens is 3. The number of nitrogens with one attached hydrogen (secondary N) is 1. The molecule has 0 spiro atoms. The molecule has 2 aromatic heterocycles. The van der Waals surface area contributed by atoms with Crippen LogP contribution in [0.5, 0.6) is 0 Å². The second kappa shape index (κ2) is 8.00. The van der Waals surface area contributed by atoms with E-state index in [0.717, 1.165) is 23.0 Å². The highest BCUT2D eigenvalue weighted by Gasteiger charge is 2.15. The Kier molecular flexibility index (Phi) is 5.26. The molecule has 0 unspecified atom stereocenters. The number of benzene rings is 2. The van der Waals surface area contributed by atoms with Crippen LogP contribution in [0.1, 0.15) is 16.9 Å². The van der Waals surface area contributed by atoms with Gasteiger partial charge in [0, 0.05) is 30.1 Å². The number of nitrogens with zero attached hydrogens (tertiary/aromatic N) is 3. The standard InChI is InChI=1S/C20H15ClF2N4O2/c21-14-3-1-4-18-13(14)11-25-27(18)8-2-7-24-20(28)17-10-19(29-26-17)12-5-6-15(22)16(23)9-12/h1,3-6,9-11H,2,7-8H2,(H,24,28). The van der Waals surface area contributed by atoms with Gasteiger partial charge in [0.2, 0.25) is 0 Å². The van der Waals surface area contributed by atoms with Crippen molar-refractivity contribution in [1.29, 1.82) is 0 Å². The Labute approximate surface area is 169 Å². The van der Waals surface area contributed by atoms with Crippen LogP contribution in [0.4, 0.5) is 8.78 Å². The summed E-state index contributed by atoms with van der Waals surface area (Å²) in [5.74, 6) is -2.21. The number of fused-ring (bicyclic) bond motifs is 1. The molecule has 9 heteroatoms. The van der Waals surface area contributed by atoms with Crippen LogP contribution in [0.3, 0.4) is 0 Å². The predicted octanol–water partition coefficient (Wildman–Crippen LogP) is 4.44. The summed E-state index contributed by atoms with van der Waals surface area (Å²) >= 11 is 6.14. The number of aryl methyl sites for hydroxylation is 1. The van der Waals surface area contributed by atoms with Gasteiger partial charge in [-0.1, -0.05) is 22.8 Å². The molecular weight excluding hydrogens is 402 g/mol. The summed E-state index contributed by atoms with van der Waals surface area (Å²) in [6.45, 7) is 0.997. The van der Waals surface area contributed by atoms with E-state index in [1.807, 2.05) is 22.9 Å². The fourth-order valence-electron chi connectivity index (χ4n) is 2.94. The molecule has 0 aliphatic carbocycles. The van der Waals surface area contributed by atoms with Crippen LogP contribution in [0.15, 0.2) is 53.2 Å². The Balaban J connectivity index is 1.33. The van der Waals surface area contributed by atoms with Crippen molar-refractivity contribution in [2.75, 3.05) is 6.54 Å². The average molecular weight is 417 g/mol. The van der Waals surface area contributed by atoms with Crippen LogP contribution >= 0.6 is 11.6 Å². The van der Waals surface area contributed by atoms with Crippen molar-refractivity contribution < 1.29 is 18.1 Å². The van der Waals surface area contributed by atoms with E-state index in [-0.39, 0.29) is 11.5 Å². The minimum Gasteiger partial charge on any atom is -0.355 e. The Morgan fingerprint density at radius 1 is 1.17 bits per heavy atom. The number of hydrogen-bond donors (Lipinski definition) is 1. The molecule has 0 saturated heterocycles. The van der Waals surface area contributed by atoms with E-state index in [4.69, 9.17) is 16.1 Å². The van der Waals surface area contributed by atoms with Gasteiger partial charge in [-0.3, -0.25) is 9.48 Å². The molecule has 0 saturated carbocycles. The van der Waals surface area contributed by atoms with Crippen molar-refractivity contribution >= 4 is 28.4 Å². The smallest absolute Gasteiger partial charge is 0.273 e. The van der Waals surface area contributed by atoms with Crippen molar-refractivity contribution in [1.82, 2.24) is 20.3 Å². The molecule has 0 radical (unpaired) electrons. The molecule has 6 nitrogen and oxygen atoms in total. The molecular formula is C20H15ClF2N4O2. The molecule has 0 fully saturated rings. The number of rotatable bonds is 6. The zero-order valence-corrected chi connectivity index (χ0v) is 15.8. The lowest BCUT2D eigenvalue weighted by atomic mass is 10.1. The van der Waals surface area contributed by atoms with Gasteiger partial charge in [-0.05, 0) is 36.8 Å². The van der Waals surface area contributed by atoms with E-state index in [9.17, 15) is 13.6 Å². The molecule has 0 bridgehead atoms.